The summed E-state index contributed by atoms with van der Waals surface area (Å²) in [7, 11) is 2.01. The summed E-state index contributed by atoms with van der Waals surface area (Å²) in [6.45, 7) is 0. The van der Waals surface area contributed by atoms with Crippen molar-refractivity contribution in [3.8, 4) is 0 Å². The van der Waals surface area contributed by atoms with Crippen molar-refractivity contribution in [3.63, 3.8) is 0 Å². The van der Waals surface area contributed by atoms with Gasteiger partial charge in [0.15, 0.2) is 0 Å². The van der Waals surface area contributed by atoms with Crippen molar-refractivity contribution >= 4 is 0 Å². The van der Waals surface area contributed by atoms with E-state index in [0.717, 1.165) is 41.9 Å². The molecule has 3 aromatic rings. The highest BCUT2D eigenvalue weighted by molar-refractivity contribution is 5.43. The zero-order chi connectivity index (χ0) is 17.7. The molecule has 1 aliphatic heterocycles. The van der Waals surface area contributed by atoms with E-state index >= 15 is 0 Å². The van der Waals surface area contributed by atoms with E-state index in [9.17, 15) is 4.79 Å². The van der Waals surface area contributed by atoms with E-state index in [4.69, 9.17) is 0 Å². The summed E-state index contributed by atoms with van der Waals surface area (Å²) in [6, 6.07) is 10.7. The molecule has 1 unspecified atom stereocenters. The molecule has 6 nitrogen and oxygen atoms in total. The first kappa shape index (κ1) is 15.5. The van der Waals surface area contributed by atoms with E-state index in [0.29, 0.717) is 0 Å². The Morgan fingerprint density at radius 2 is 2.08 bits per heavy atom. The Bertz CT molecular complexity index is 1010. The van der Waals surface area contributed by atoms with Crippen LogP contribution >= 0.6 is 0 Å². The molecule has 1 aromatic carbocycles. The highest BCUT2D eigenvalue weighted by atomic mass is 16.1. The normalized spacial score (nSPS) is 24.3. The average molecular weight is 347 g/mol. The van der Waals surface area contributed by atoms with Crippen molar-refractivity contribution in [1.29, 1.82) is 0 Å². The predicted octanol–water partition coefficient (Wildman–Crippen LogP) is 2.36. The van der Waals surface area contributed by atoms with Gasteiger partial charge in [0, 0.05) is 42.7 Å². The smallest absolute Gasteiger partial charge is 0.267 e. The van der Waals surface area contributed by atoms with E-state index in [2.05, 4.69) is 44.8 Å². The van der Waals surface area contributed by atoms with Gasteiger partial charge in [-0.2, -0.15) is 5.10 Å². The second-order valence-electron chi connectivity index (χ2n) is 7.20. The topological polar surface area (TPSA) is 75.6 Å². The van der Waals surface area contributed by atoms with Crippen LogP contribution in [0.1, 0.15) is 59.1 Å². The molecule has 5 rings (SSSR count). The Labute approximate surface area is 151 Å². The van der Waals surface area contributed by atoms with Crippen LogP contribution < -0.4 is 10.9 Å². The predicted molar refractivity (Wildman–Crippen MR) is 97.9 cm³/mol. The fourth-order valence-corrected chi connectivity index (χ4v) is 4.55. The van der Waals surface area contributed by atoms with Gasteiger partial charge in [-0.05, 0) is 24.8 Å². The Balaban J connectivity index is 1.76. The number of aryl methyl sites for hydroxylation is 1. The molecule has 2 aromatic heterocycles. The van der Waals surface area contributed by atoms with Gasteiger partial charge in [-0.1, -0.05) is 30.3 Å². The van der Waals surface area contributed by atoms with Crippen LogP contribution in [-0.4, -0.2) is 19.7 Å². The van der Waals surface area contributed by atoms with E-state index in [1.165, 1.54) is 5.56 Å². The highest BCUT2D eigenvalue weighted by Crippen LogP contribution is 2.46. The van der Waals surface area contributed by atoms with Crippen LogP contribution in [0.5, 0.6) is 0 Å². The fourth-order valence-electron chi connectivity index (χ4n) is 4.55. The Kier molecular flexibility index (Phi) is 3.53. The summed E-state index contributed by atoms with van der Waals surface area (Å²) in [4.78, 5) is 17.0. The molecule has 0 saturated heterocycles. The molecule has 1 aliphatic carbocycles. The van der Waals surface area contributed by atoms with Gasteiger partial charge in [0.05, 0.1) is 11.6 Å². The lowest BCUT2D eigenvalue weighted by Gasteiger charge is -2.40. The minimum Gasteiger partial charge on any atom is -0.337 e. The van der Waals surface area contributed by atoms with Gasteiger partial charge in [-0.3, -0.25) is 4.79 Å². The number of rotatable bonds is 2. The standard InChI is InChI=1S/C20H21N5O/c1-25-11-10-21-19(25)16-17(12-6-3-2-4-7-12)22-14-9-5-8-13-15(14)18(16)23-24-20(13)26/h2-4,6-7,10-11,14,16-17,22H,5,8-9H2,1H3,(H,24,26)/t14?,16-,17-/m1/s1. The second-order valence-corrected chi connectivity index (χ2v) is 7.20. The third-order valence-corrected chi connectivity index (χ3v) is 5.73. The maximum absolute atomic E-state index is 12.3. The van der Waals surface area contributed by atoms with Crippen molar-refractivity contribution in [2.45, 2.75) is 37.3 Å². The molecule has 0 fully saturated rings. The number of nitrogens with zero attached hydrogens (tertiary/aromatic N) is 3. The van der Waals surface area contributed by atoms with Crippen LogP contribution in [0.2, 0.25) is 0 Å². The first-order valence-electron chi connectivity index (χ1n) is 9.13. The summed E-state index contributed by atoms with van der Waals surface area (Å²) >= 11 is 0. The molecular weight excluding hydrogens is 326 g/mol. The Morgan fingerprint density at radius 1 is 1.23 bits per heavy atom. The van der Waals surface area contributed by atoms with Gasteiger partial charge in [-0.15, -0.1) is 0 Å². The molecule has 2 N–H and O–H groups in total. The summed E-state index contributed by atoms with van der Waals surface area (Å²) in [6.07, 6.45) is 6.65. The van der Waals surface area contributed by atoms with Crippen LogP contribution in [0.15, 0.2) is 47.5 Å². The molecule has 6 heteroatoms. The van der Waals surface area contributed by atoms with Crippen LogP contribution in [0, 0.1) is 0 Å². The fraction of sp³-hybridized carbons (Fsp3) is 0.350. The largest absolute Gasteiger partial charge is 0.337 e. The monoisotopic (exact) mass is 347 g/mol. The minimum absolute atomic E-state index is 0.0441. The number of benzene rings is 1. The molecule has 3 heterocycles. The highest BCUT2D eigenvalue weighted by Gasteiger charge is 2.42. The third kappa shape index (κ3) is 2.25. The zero-order valence-electron chi connectivity index (χ0n) is 14.6. The number of hydrogen-bond donors (Lipinski definition) is 2. The average Bonchev–Trinajstić information content (AvgIpc) is 3.10. The first-order valence-corrected chi connectivity index (χ1v) is 9.13. The van der Waals surface area contributed by atoms with Crippen molar-refractivity contribution in [3.05, 3.63) is 81.3 Å². The molecule has 2 aliphatic rings. The van der Waals surface area contributed by atoms with Crippen molar-refractivity contribution in [2.24, 2.45) is 7.05 Å². The Morgan fingerprint density at radius 3 is 2.85 bits per heavy atom. The summed E-state index contributed by atoms with van der Waals surface area (Å²) in [5.74, 6) is 0.912. The molecule has 3 atom stereocenters. The number of aromatic amines is 1. The van der Waals surface area contributed by atoms with Gasteiger partial charge in [0.25, 0.3) is 5.56 Å². The molecule has 0 bridgehead atoms. The molecule has 0 saturated carbocycles. The van der Waals surface area contributed by atoms with Gasteiger partial charge in [0.2, 0.25) is 0 Å². The van der Waals surface area contributed by atoms with Gasteiger partial charge in [-0.25, -0.2) is 10.1 Å². The lowest BCUT2D eigenvalue weighted by Crippen LogP contribution is -2.42. The molecule has 0 radical (unpaired) electrons. The van der Waals surface area contributed by atoms with Gasteiger partial charge in [0.1, 0.15) is 5.82 Å². The molecular formula is C20H21N5O. The summed E-state index contributed by atoms with van der Waals surface area (Å²) in [5, 5.41) is 11.1. The Hall–Kier alpha value is -2.73. The third-order valence-electron chi connectivity index (χ3n) is 5.73. The molecule has 0 amide bonds. The van der Waals surface area contributed by atoms with E-state index in [-0.39, 0.29) is 23.6 Å². The lowest BCUT2D eigenvalue weighted by atomic mass is 9.76. The van der Waals surface area contributed by atoms with Crippen LogP contribution in [0.4, 0.5) is 0 Å². The van der Waals surface area contributed by atoms with Gasteiger partial charge < -0.3 is 9.88 Å². The molecule has 132 valence electrons. The van der Waals surface area contributed by atoms with Gasteiger partial charge >= 0.3 is 0 Å². The van der Waals surface area contributed by atoms with Crippen molar-refractivity contribution in [2.75, 3.05) is 0 Å². The number of hydrogen-bond acceptors (Lipinski definition) is 4. The first-order chi connectivity index (χ1) is 12.7. The minimum atomic E-state index is -0.0491. The number of aromatic nitrogens is 4. The lowest BCUT2D eigenvalue weighted by molar-refractivity contribution is 0.328. The molecule has 0 spiro atoms. The van der Waals surface area contributed by atoms with Crippen molar-refractivity contribution < 1.29 is 0 Å². The van der Waals surface area contributed by atoms with Crippen LogP contribution in [0.3, 0.4) is 0 Å². The maximum Gasteiger partial charge on any atom is 0.267 e. The maximum atomic E-state index is 12.3. The summed E-state index contributed by atoms with van der Waals surface area (Å²) < 4.78 is 2.05. The van der Waals surface area contributed by atoms with E-state index in [1.807, 2.05) is 30.1 Å². The van der Waals surface area contributed by atoms with E-state index < -0.39 is 0 Å². The number of H-pyrrole nitrogens is 1. The van der Waals surface area contributed by atoms with E-state index in [1.54, 1.807) is 0 Å². The number of nitrogens with one attached hydrogen (secondary N) is 2. The van der Waals surface area contributed by atoms with Crippen LogP contribution in [0.25, 0.3) is 0 Å². The van der Waals surface area contributed by atoms with Crippen LogP contribution in [-0.2, 0) is 13.5 Å². The quantitative estimate of drug-likeness (QED) is 0.746. The number of imidazole rings is 1. The zero-order valence-corrected chi connectivity index (χ0v) is 14.6. The SMILES string of the molecule is Cn1ccnc1[C@H]1c2n[nH]c(=O)c3c2C(CCC3)N[C@@H]1c1ccccc1. The summed E-state index contributed by atoms with van der Waals surface area (Å²) in [5.41, 5.74) is 4.12. The second kappa shape index (κ2) is 5.92. The van der Waals surface area contributed by atoms with Crippen molar-refractivity contribution in [1.82, 2.24) is 25.1 Å². The molecule has 26 heavy (non-hydrogen) atoms.